The molecule has 0 spiro atoms. The molecule has 0 fully saturated rings. The third-order valence-electron chi connectivity index (χ3n) is 5.24. The molecule has 2 aromatic heterocycles. The summed E-state index contributed by atoms with van der Waals surface area (Å²) in [6.07, 6.45) is 2.39. The summed E-state index contributed by atoms with van der Waals surface area (Å²) < 4.78 is 5.94. The fraction of sp³-hybridized carbons (Fsp3) is 0.364. The molecule has 3 N–H and O–H groups in total. The smallest absolute Gasteiger partial charge is 0.283 e. The zero-order chi connectivity index (χ0) is 22.1. The number of amides is 1. The van der Waals surface area contributed by atoms with Gasteiger partial charge in [-0.05, 0) is 38.5 Å². The van der Waals surface area contributed by atoms with Crippen LogP contribution in [0.5, 0.6) is 5.75 Å². The first-order valence-corrected chi connectivity index (χ1v) is 11.0. The first kappa shape index (κ1) is 21.2. The van der Waals surface area contributed by atoms with Gasteiger partial charge >= 0.3 is 0 Å². The molecule has 8 nitrogen and oxygen atoms in total. The minimum Gasteiger partial charge on any atom is -0.493 e. The van der Waals surface area contributed by atoms with Crippen LogP contribution in [-0.4, -0.2) is 56.7 Å². The molecular formula is C22H25N5O3S. The molecule has 0 saturated heterocycles. The van der Waals surface area contributed by atoms with Crippen LogP contribution in [0.3, 0.4) is 0 Å². The van der Waals surface area contributed by atoms with Crippen molar-refractivity contribution in [3.8, 4) is 28.1 Å². The van der Waals surface area contributed by atoms with Crippen molar-refractivity contribution in [3.05, 3.63) is 40.0 Å². The Hall–Kier alpha value is -3.04. The van der Waals surface area contributed by atoms with Crippen molar-refractivity contribution >= 4 is 23.2 Å². The lowest BCUT2D eigenvalue weighted by Crippen LogP contribution is -2.38. The van der Waals surface area contributed by atoms with E-state index >= 15 is 0 Å². The van der Waals surface area contributed by atoms with Crippen molar-refractivity contribution < 1.29 is 14.6 Å². The fourth-order valence-corrected chi connectivity index (χ4v) is 4.69. The van der Waals surface area contributed by atoms with Crippen LogP contribution in [0.2, 0.25) is 0 Å². The lowest BCUT2D eigenvalue weighted by Gasteiger charge is -2.24. The van der Waals surface area contributed by atoms with Gasteiger partial charge in [-0.3, -0.25) is 4.79 Å². The number of fused-ring (bicyclic) bond motifs is 3. The van der Waals surface area contributed by atoms with Crippen LogP contribution in [0.25, 0.3) is 22.4 Å². The predicted molar refractivity (Wildman–Crippen MR) is 120 cm³/mol. The molecule has 0 bridgehead atoms. The minimum absolute atomic E-state index is 0.0286. The molecule has 162 valence electrons. The Morgan fingerprint density at radius 1 is 1.32 bits per heavy atom. The van der Waals surface area contributed by atoms with Gasteiger partial charge < -0.3 is 20.5 Å². The van der Waals surface area contributed by atoms with E-state index in [-0.39, 0.29) is 31.0 Å². The van der Waals surface area contributed by atoms with Crippen molar-refractivity contribution in [2.45, 2.75) is 33.2 Å². The lowest BCUT2D eigenvalue weighted by molar-refractivity contribution is 0.0665. The zero-order valence-electron chi connectivity index (χ0n) is 17.8. The summed E-state index contributed by atoms with van der Waals surface area (Å²) in [5, 5.41) is 9.77. The van der Waals surface area contributed by atoms with Gasteiger partial charge in [0.15, 0.2) is 5.01 Å². The van der Waals surface area contributed by atoms with Crippen molar-refractivity contribution in [2.75, 3.05) is 25.5 Å². The Kier molecular flexibility index (Phi) is 5.88. The average Bonchev–Trinajstić information content (AvgIpc) is 3.08. The molecular weight excluding hydrogens is 414 g/mol. The number of anilines is 1. The van der Waals surface area contributed by atoms with Crippen LogP contribution < -0.4 is 10.5 Å². The molecule has 31 heavy (non-hydrogen) atoms. The number of aliphatic hydroxyl groups is 1. The van der Waals surface area contributed by atoms with E-state index in [1.165, 1.54) is 11.3 Å². The normalized spacial score (nSPS) is 12.7. The van der Waals surface area contributed by atoms with Gasteiger partial charge in [-0.1, -0.05) is 6.07 Å². The van der Waals surface area contributed by atoms with Gasteiger partial charge in [-0.15, -0.1) is 11.3 Å². The van der Waals surface area contributed by atoms with E-state index in [0.29, 0.717) is 18.0 Å². The first-order valence-electron chi connectivity index (χ1n) is 10.2. The number of aromatic nitrogens is 3. The van der Waals surface area contributed by atoms with E-state index in [2.05, 4.69) is 9.97 Å². The maximum Gasteiger partial charge on any atom is 0.283 e. The van der Waals surface area contributed by atoms with Crippen molar-refractivity contribution in [1.82, 2.24) is 19.9 Å². The zero-order valence-corrected chi connectivity index (χ0v) is 18.6. The van der Waals surface area contributed by atoms with Crippen molar-refractivity contribution in [2.24, 2.45) is 0 Å². The summed E-state index contributed by atoms with van der Waals surface area (Å²) in [4.78, 5) is 28.8. The SMILES string of the molecule is Cc1nc(N)ncc1-c1ccc2c(c1)-c1nc(C(=O)N(CCO)C(C)C)sc1CCO2. The second kappa shape index (κ2) is 8.60. The Balaban J connectivity index is 1.77. The van der Waals surface area contributed by atoms with Crippen LogP contribution in [0.15, 0.2) is 24.4 Å². The average molecular weight is 440 g/mol. The molecule has 3 aromatic rings. The standard InChI is InChI=1S/C22H25N5O3S/c1-12(2)27(7-8-28)21(29)20-26-19-15-10-14(16-11-24-22(23)25-13(16)3)4-5-17(15)30-9-6-18(19)31-20/h4-5,10-12,28H,6-9H2,1-3H3,(H2,23,24,25). The number of aliphatic hydroxyl groups excluding tert-OH is 1. The fourth-order valence-electron chi connectivity index (χ4n) is 3.68. The topological polar surface area (TPSA) is 114 Å². The number of rotatable bonds is 5. The van der Waals surface area contributed by atoms with Gasteiger partial charge in [-0.2, -0.15) is 0 Å². The van der Waals surface area contributed by atoms with Crippen molar-refractivity contribution in [3.63, 3.8) is 0 Å². The van der Waals surface area contributed by atoms with Crippen LogP contribution in [0.1, 0.15) is 34.2 Å². The Morgan fingerprint density at radius 2 is 2.13 bits per heavy atom. The second-order valence-corrected chi connectivity index (χ2v) is 8.73. The number of nitrogens with zero attached hydrogens (tertiary/aromatic N) is 4. The summed E-state index contributed by atoms with van der Waals surface area (Å²) in [6.45, 7) is 6.46. The summed E-state index contributed by atoms with van der Waals surface area (Å²) in [5.74, 6) is 0.808. The van der Waals surface area contributed by atoms with Crippen molar-refractivity contribution in [1.29, 1.82) is 0 Å². The third-order valence-corrected chi connectivity index (χ3v) is 6.34. The first-order chi connectivity index (χ1) is 14.9. The molecule has 0 saturated carbocycles. The molecule has 0 atom stereocenters. The van der Waals surface area contributed by atoms with Crippen LogP contribution in [0, 0.1) is 6.92 Å². The Bertz CT molecular complexity index is 1130. The predicted octanol–water partition coefficient (Wildman–Crippen LogP) is 2.94. The molecule has 0 aliphatic carbocycles. The molecule has 0 radical (unpaired) electrons. The summed E-state index contributed by atoms with van der Waals surface area (Å²) in [6, 6.07) is 5.86. The monoisotopic (exact) mass is 439 g/mol. The van der Waals surface area contributed by atoms with E-state index in [1.807, 2.05) is 39.0 Å². The number of hydrogen-bond acceptors (Lipinski definition) is 8. The highest BCUT2D eigenvalue weighted by Crippen LogP contribution is 2.40. The number of carbonyl (C=O) groups excluding carboxylic acids is 1. The molecule has 1 amide bonds. The van der Waals surface area contributed by atoms with Gasteiger partial charge in [0.1, 0.15) is 5.75 Å². The highest BCUT2D eigenvalue weighted by molar-refractivity contribution is 7.14. The Labute approximate surface area is 184 Å². The third kappa shape index (κ3) is 4.11. The molecule has 9 heteroatoms. The molecule has 4 rings (SSSR count). The Morgan fingerprint density at radius 3 is 2.84 bits per heavy atom. The number of nitrogens with two attached hydrogens (primary N) is 1. The number of ether oxygens (including phenoxy) is 1. The van der Waals surface area contributed by atoms with Crippen LogP contribution >= 0.6 is 11.3 Å². The van der Waals surface area contributed by atoms with E-state index in [9.17, 15) is 9.90 Å². The number of benzene rings is 1. The molecule has 3 heterocycles. The summed E-state index contributed by atoms with van der Waals surface area (Å²) in [5.41, 5.74) is 9.90. The van der Waals surface area contributed by atoms with Gasteiger partial charge in [0, 0.05) is 41.2 Å². The van der Waals surface area contributed by atoms with Crippen LogP contribution in [0.4, 0.5) is 5.95 Å². The van der Waals surface area contributed by atoms with Gasteiger partial charge in [0.2, 0.25) is 5.95 Å². The highest BCUT2D eigenvalue weighted by atomic mass is 32.1. The van der Waals surface area contributed by atoms with Gasteiger partial charge in [0.05, 0.1) is 24.6 Å². The molecule has 1 aliphatic rings. The number of nitrogen functional groups attached to an aromatic ring is 1. The van der Waals surface area contributed by atoms with Gasteiger partial charge in [0.25, 0.3) is 5.91 Å². The van der Waals surface area contributed by atoms with E-state index < -0.39 is 0 Å². The maximum atomic E-state index is 13.1. The van der Waals surface area contributed by atoms with Crippen LogP contribution in [-0.2, 0) is 6.42 Å². The maximum absolute atomic E-state index is 13.1. The number of thiazole rings is 1. The molecule has 1 aliphatic heterocycles. The quantitative estimate of drug-likeness (QED) is 0.628. The lowest BCUT2D eigenvalue weighted by atomic mass is 10.0. The van der Waals surface area contributed by atoms with E-state index in [4.69, 9.17) is 15.5 Å². The highest BCUT2D eigenvalue weighted by Gasteiger charge is 2.27. The van der Waals surface area contributed by atoms with E-state index in [0.717, 1.165) is 38.7 Å². The molecule has 0 unspecified atom stereocenters. The minimum atomic E-state index is -0.163. The summed E-state index contributed by atoms with van der Waals surface area (Å²) >= 11 is 1.39. The second-order valence-electron chi connectivity index (χ2n) is 7.64. The molecule has 1 aromatic carbocycles. The number of aryl methyl sites for hydroxylation is 1. The number of carbonyl (C=O) groups is 1. The van der Waals surface area contributed by atoms with E-state index in [1.54, 1.807) is 11.1 Å². The summed E-state index contributed by atoms with van der Waals surface area (Å²) in [7, 11) is 0. The number of hydrogen-bond donors (Lipinski definition) is 2. The van der Waals surface area contributed by atoms with Gasteiger partial charge in [-0.25, -0.2) is 15.0 Å². The largest absolute Gasteiger partial charge is 0.493 e.